The first kappa shape index (κ1) is 18.6. The Labute approximate surface area is 147 Å². The maximum Gasteiger partial charge on any atom is 0.275 e. The van der Waals surface area contributed by atoms with Crippen LogP contribution in [0.25, 0.3) is 0 Å². The Bertz CT molecular complexity index is 673. The molecule has 2 rings (SSSR count). The molecule has 3 N–H and O–H groups in total. The second-order valence-electron chi connectivity index (χ2n) is 5.54. The number of rotatable bonds is 9. The van der Waals surface area contributed by atoms with Crippen LogP contribution in [0.1, 0.15) is 25.3 Å². The second kappa shape index (κ2) is 9.54. The van der Waals surface area contributed by atoms with Crippen LogP contribution in [-0.2, 0) is 11.3 Å². The Balaban J connectivity index is 1.89. The molecule has 6 nitrogen and oxygen atoms in total. The molecule has 0 fully saturated rings. The van der Waals surface area contributed by atoms with Gasteiger partial charge in [0.25, 0.3) is 5.91 Å². The molecule has 1 atom stereocenters. The number of phenolic OH excluding ortho intramolecular Hbond substituents is 1. The Morgan fingerprint density at radius 3 is 2.44 bits per heavy atom. The summed E-state index contributed by atoms with van der Waals surface area (Å²) in [5.74, 6) is 1.26. The van der Waals surface area contributed by atoms with Crippen molar-refractivity contribution in [2.45, 2.75) is 32.4 Å². The highest BCUT2D eigenvalue weighted by atomic mass is 16.5. The third kappa shape index (κ3) is 5.69. The van der Waals surface area contributed by atoms with Crippen molar-refractivity contribution >= 4 is 5.91 Å². The molecule has 2 aromatic rings. The smallest absolute Gasteiger partial charge is 0.275 e. The third-order valence-corrected chi connectivity index (χ3v) is 3.66. The molecule has 0 aliphatic heterocycles. The Morgan fingerprint density at radius 2 is 1.80 bits per heavy atom. The van der Waals surface area contributed by atoms with Crippen LogP contribution in [0.3, 0.4) is 0 Å². The van der Waals surface area contributed by atoms with E-state index >= 15 is 0 Å². The van der Waals surface area contributed by atoms with Gasteiger partial charge in [-0.25, -0.2) is 5.43 Å². The molecule has 0 aliphatic rings. The highest BCUT2D eigenvalue weighted by Crippen LogP contribution is 2.19. The number of hydrazine groups is 1. The summed E-state index contributed by atoms with van der Waals surface area (Å²) in [5.41, 5.74) is 6.16. The number of carbonyl (C=O) groups is 1. The van der Waals surface area contributed by atoms with Gasteiger partial charge in [0.15, 0.2) is 6.10 Å². The summed E-state index contributed by atoms with van der Waals surface area (Å²) in [5, 5.41) is 9.72. The minimum atomic E-state index is -0.602. The average molecular weight is 344 g/mol. The fourth-order valence-corrected chi connectivity index (χ4v) is 2.29. The number of hydrogen-bond donors (Lipinski definition) is 3. The SMILES string of the molecule is CCC[C@@H](Oc1ccc(OC)cc1)C(=O)NNCc1ccccc1O. The van der Waals surface area contributed by atoms with Crippen LogP contribution in [0, 0.1) is 0 Å². The zero-order chi connectivity index (χ0) is 18.1. The van der Waals surface area contributed by atoms with Gasteiger partial charge < -0.3 is 14.6 Å². The van der Waals surface area contributed by atoms with Crippen LogP contribution < -0.4 is 20.3 Å². The molecular weight excluding hydrogens is 320 g/mol. The van der Waals surface area contributed by atoms with E-state index in [1.807, 2.05) is 13.0 Å². The van der Waals surface area contributed by atoms with E-state index in [2.05, 4.69) is 10.9 Å². The van der Waals surface area contributed by atoms with Gasteiger partial charge in [0, 0.05) is 12.1 Å². The van der Waals surface area contributed by atoms with Crippen molar-refractivity contribution in [1.82, 2.24) is 10.9 Å². The molecule has 0 unspecified atom stereocenters. The van der Waals surface area contributed by atoms with Gasteiger partial charge in [0.1, 0.15) is 17.2 Å². The summed E-state index contributed by atoms with van der Waals surface area (Å²) in [6.07, 6.45) is 0.805. The zero-order valence-electron chi connectivity index (χ0n) is 14.5. The van der Waals surface area contributed by atoms with Crippen molar-refractivity contribution < 1.29 is 19.4 Å². The van der Waals surface area contributed by atoms with Gasteiger partial charge in [-0.2, -0.15) is 0 Å². The fourth-order valence-electron chi connectivity index (χ4n) is 2.29. The van der Waals surface area contributed by atoms with E-state index in [9.17, 15) is 9.90 Å². The predicted molar refractivity (Wildman–Crippen MR) is 95.4 cm³/mol. The minimum absolute atomic E-state index is 0.184. The van der Waals surface area contributed by atoms with Gasteiger partial charge in [-0.05, 0) is 36.8 Å². The largest absolute Gasteiger partial charge is 0.508 e. The standard InChI is InChI=1S/C19H24N2O4/c1-3-6-18(25-16-11-9-15(24-2)10-12-16)19(23)21-20-13-14-7-4-5-8-17(14)22/h4-5,7-12,18,20,22H,3,6,13H2,1-2H3,(H,21,23)/t18-/m1/s1. The van der Waals surface area contributed by atoms with Crippen molar-refractivity contribution in [1.29, 1.82) is 0 Å². The molecule has 134 valence electrons. The lowest BCUT2D eigenvalue weighted by Gasteiger charge is -2.19. The molecule has 6 heteroatoms. The monoisotopic (exact) mass is 344 g/mol. The molecule has 0 heterocycles. The zero-order valence-corrected chi connectivity index (χ0v) is 14.5. The molecule has 0 bridgehead atoms. The summed E-state index contributed by atoms with van der Waals surface area (Å²) >= 11 is 0. The van der Waals surface area contributed by atoms with Crippen LogP contribution in [0.4, 0.5) is 0 Å². The van der Waals surface area contributed by atoms with Gasteiger partial charge >= 0.3 is 0 Å². The molecule has 0 saturated heterocycles. The Morgan fingerprint density at radius 1 is 1.12 bits per heavy atom. The molecule has 0 aliphatic carbocycles. The summed E-state index contributed by atoms with van der Waals surface area (Å²) in [4.78, 5) is 12.3. The average Bonchev–Trinajstić information content (AvgIpc) is 2.63. The number of carbonyl (C=O) groups excluding carboxylic acids is 1. The fraction of sp³-hybridized carbons (Fsp3) is 0.316. The molecule has 0 radical (unpaired) electrons. The Kier molecular flexibility index (Phi) is 7.10. The molecule has 0 aromatic heterocycles. The van der Waals surface area contributed by atoms with Gasteiger partial charge in [-0.15, -0.1) is 0 Å². The van der Waals surface area contributed by atoms with E-state index < -0.39 is 6.10 Å². The van der Waals surface area contributed by atoms with Gasteiger partial charge in [-0.3, -0.25) is 10.2 Å². The van der Waals surface area contributed by atoms with E-state index in [4.69, 9.17) is 9.47 Å². The van der Waals surface area contributed by atoms with Crippen molar-refractivity contribution in [3.8, 4) is 17.2 Å². The summed E-state index contributed by atoms with van der Waals surface area (Å²) < 4.78 is 10.9. The summed E-state index contributed by atoms with van der Waals surface area (Å²) in [6.45, 7) is 2.31. The highest BCUT2D eigenvalue weighted by molar-refractivity contribution is 5.80. The first-order valence-corrected chi connectivity index (χ1v) is 8.24. The number of benzene rings is 2. The van der Waals surface area contributed by atoms with Gasteiger partial charge in [-0.1, -0.05) is 31.5 Å². The van der Waals surface area contributed by atoms with Crippen LogP contribution >= 0.6 is 0 Å². The normalized spacial score (nSPS) is 11.6. The van der Waals surface area contributed by atoms with Crippen molar-refractivity contribution in [3.63, 3.8) is 0 Å². The number of methoxy groups -OCH3 is 1. The predicted octanol–water partition coefficient (Wildman–Crippen LogP) is 2.77. The molecule has 25 heavy (non-hydrogen) atoms. The van der Waals surface area contributed by atoms with Crippen LogP contribution in [0.5, 0.6) is 17.2 Å². The number of phenols is 1. The van der Waals surface area contributed by atoms with E-state index in [0.717, 1.165) is 12.2 Å². The third-order valence-electron chi connectivity index (χ3n) is 3.66. The lowest BCUT2D eigenvalue weighted by Crippen LogP contribution is -2.45. The van der Waals surface area contributed by atoms with Gasteiger partial charge in [0.2, 0.25) is 0 Å². The number of aromatic hydroxyl groups is 1. The summed E-state index contributed by atoms with van der Waals surface area (Å²) in [7, 11) is 1.60. The van der Waals surface area contributed by atoms with E-state index in [1.54, 1.807) is 49.6 Å². The summed E-state index contributed by atoms with van der Waals surface area (Å²) in [6, 6.07) is 14.1. The number of nitrogens with one attached hydrogen (secondary N) is 2. The van der Waals surface area contributed by atoms with Crippen molar-refractivity contribution in [2.24, 2.45) is 0 Å². The van der Waals surface area contributed by atoms with Crippen molar-refractivity contribution in [3.05, 3.63) is 54.1 Å². The quantitative estimate of drug-likeness (QED) is 0.610. The molecular formula is C19H24N2O4. The van der Waals surface area contributed by atoms with E-state index in [1.165, 1.54) is 0 Å². The highest BCUT2D eigenvalue weighted by Gasteiger charge is 2.19. The van der Waals surface area contributed by atoms with Crippen molar-refractivity contribution in [2.75, 3.05) is 7.11 Å². The molecule has 0 saturated carbocycles. The maximum atomic E-state index is 12.3. The molecule has 1 amide bonds. The van der Waals surface area contributed by atoms with Crippen LogP contribution in [0.15, 0.2) is 48.5 Å². The maximum absolute atomic E-state index is 12.3. The molecule has 2 aromatic carbocycles. The van der Waals surface area contributed by atoms with Crippen LogP contribution in [-0.4, -0.2) is 24.2 Å². The first-order chi connectivity index (χ1) is 12.1. The van der Waals surface area contributed by atoms with Gasteiger partial charge in [0.05, 0.1) is 7.11 Å². The first-order valence-electron chi connectivity index (χ1n) is 8.24. The second-order valence-corrected chi connectivity index (χ2v) is 5.54. The lowest BCUT2D eigenvalue weighted by atomic mass is 10.2. The van der Waals surface area contributed by atoms with E-state index in [-0.39, 0.29) is 11.7 Å². The number of para-hydroxylation sites is 1. The Hall–Kier alpha value is -2.73. The number of ether oxygens (including phenoxy) is 2. The number of amides is 1. The topological polar surface area (TPSA) is 79.8 Å². The minimum Gasteiger partial charge on any atom is -0.508 e. The lowest BCUT2D eigenvalue weighted by molar-refractivity contribution is -0.129. The van der Waals surface area contributed by atoms with E-state index in [0.29, 0.717) is 24.3 Å². The molecule has 0 spiro atoms. The van der Waals surface area contributed by atoms with Crippen LogP contribution in [0.2, 0.25) is 0 Å². The number of hydrogen-bond acceptors (Lipinski definition) is 5.